The average Bonchev–Trinajstić information content (AvgIpc) is 2.99. The topological polar surface area (TPSA) is 0 Å². The van der Waals surface area contributed by atoms with E-state index in [-0.39, 0.29) is 5.41 Å². The predicted molar refractivity (Wildman–Crippen MR) is 64.9 cm³/mol. The van der Waals surface area contributed by atoms with Crippen LogP contribution < -0.4 is 0 Å². The molecule has 1 aliphatic rings. The Hall–Kier alpha value is -0.270. The lowest BCUT2D eigenvalue weighted by molar-refractivity contribution is 0.827. The Morgan fingerprint density at radius 1 is 1.36 bits per heavy atom. The number of rotatable bonds is 3. The van der Waals surface area contributed by atoms with Crippen molar-refractivity contribution in [2.24, 2.45) is 0 Å². The van der Waals surface area contributed by atoms with E-state index < -0.39 is 0 Å². The number of hydrogen-bond donors (Lipinski definition) is 0. The Balaban J connectivity index is 2.31. The monoisotopic (exact) mass is 270 g/mol. The highest BCUT2D eigenvalue weighted by Crippen LogP contribution is 2.53. The van der Waals surface area contributed by atoms with Crippen LogP contribution in [0.5, 0.6) is 0 Å². The van der Waals surface area contributed by atoms with Gasteiger partial charge in [0.15, 0.2) is 0 Å². The zero-order valence-corrected chi connectivity index (χ0v) is 10.2. The highest BCUT2D eigenvalue weighted by molar-refractivity contribution is 9.10. The molecule has 0 saturated heterocycles. The van der Waals surface area contributed by atoms with Gasteiger partial charge in [0.1, 0.15) is 0 Å². The number of allylic oxidation sites excluding steroid dienone is 1. The van der Waals surface area contributed by atoms with Crippen LogP contribution in [0.2, 0.25) is 0 Å². The van der Waals surface area contributed by atoms with Crippen molar-refractivity contribution < 1.29 is 0 Å². The Morgan fingerprint density at radius 2 is 1.93 bits per heavy atom. The number of halogens is 2. The Bertz CT molecular complexity index is 349. The number of alkyl halides is 1. The van der Waals surface area contributed by atoms with Gasteiger partial charge < -0.3 is 0 Å². The molecular weight excluding hydrogens is 259 g/mol. The highest BCUT2D eigenvalue weighted by Gasteiger charge is 2.45. The van der Waals surface area contributed by atoms with E-state index in [4.69, 9.17) is 11.6 Å². The summed E-state index contributed by atoms with van der Waals surface area (Å²) < 4.78 is 1.12. The van der Waals surface area contributed by atoms with Crippen molar-refractivity contribution in [3.05, 3.63) is 46.5 Å². The Labute approximate surface area is 98.1 Å². The molecule has 0 spiro atoms. The summed E-state index contributed by atoms with van der Waals surface area (Å²) in [7, 11) is 0. The predicted octanol–water partition coefficient (Wildman–Crippen LogP) is 4.28. The summed E-state index contributed by atoms with van der Waals surface area (Å²) in [5.41, 5.74) is 2.70. The fourth-order valence-electron chi connectivity index (χ4n) is 1.87. The molecule has 0 aliphatic heterocycles. The smallest absolute Gasteiger partial charge is 0.0439 e. The van der Waals surface area contributed by atoms with Crippen LogP contribution >= 0.6 is 27.5 Å². The van der Waals surface area contributed by atoms with Crippen molar-refractivity contribution in [3.63, 3.8) is 0 Å². The second-order valence-electron chi connectivity index (χ2n) is 3.83. The first kappa shape index (κ1) is 10.3. The lowest BCUT2D eigenvalue weighted by atomic mass is 9.90. The van der Waals surface area contributed by atoms with Crippen molar-refractivity contribution in [1.82, 2.24) is 0 Å². The molecule has 0 radical (unpaired) electrons. The fraction of sp³-hybridized carbons (Fsp3) is 0.333. The molecule has 0 heterocycles. The summed E-state index contributed by atoms with van der Waals surface area (Å²) in [6, 6.07) is 8.48. The van der Waals surface area contributed by atoms with E-state index in [0.717, 1.165) is 10.0 Å². The lowest BCUT2D eigenvalue weighted by Gasteiger charge is -2.16. The molecule has 2 rings (SSSR count). The van der Waals surface area contributed by atoms with Crippen LogP contribution in [0.4, 0.5) is 0 Å². The van der Waals surface area contributed by atoms with Crippen LogP contribution in [0.15, 0.2) is 40.9 Å². The van der Waals surface area contributed by atoms with E-state index in [1.807, 2.05) is 0 Å². The minimum Gasteiger partial charge on any atom is -0.122 e. The van der Waals surface area contributed by atoms with Crippen LogP contribution in [0.25, 0.3) is 0 Å². The van der Waals surface area contributed by atoms with Gasteiger partial charge in [-0.25, -0.2) is 0 Å². The van der Waals surface area contributed by atoms with Crippen LogP contribution in [0.3, 0.4) is 0 Å². The third-order valence-corrected chi connectivity index (χ3v) is 3.84. The molecule has 0 amide bonds. The van der Waals surface area contributed by atoms with Gasteiger partial charge in [-0.05, 0) is 30.5 Å². The van der Waals surface area contributed by atoms with Gasteiger partial charge in [-0.1, -0.05) is 40.2 Å². The van der Waals surface area contributed by atoms with Gasteiger partial charge in [0.25, 0.3) is 0 Å². The molecule has 0 aromatic heterocycles. The molecule has 0 nitrogen and oxygen atoms in total. The van der Waals surface area contributed by atoms with E-state index >= 15 is 0 Å². The molecule has 0 unspecified atom stereocenters. The van der Waals surface area contributed by atoms with Crippen molar-refractivity contribution in [2.45, 2.75) is 18.3 Å². The quantitative estimate of drug-likeness (QED) is 0.569. The van der Waals surface area contributed by atoms with Crippen molar-refractivity contribution in [2.75, 3.05) is 5.88 Å². The van der Waals surface area contributed by atoms with Gasteiger partial charge in [0.2, 0.25) is 0 Å². The van der Waals surface area contributed by atoms with Gasteiger partial charge in [-0.15, -0.1) is 11.6 Å². The SMILES string of the molecule is C=C(CCl)C1(c2ccc(Br)cc2)CC1. The van der Waals surface area contributed by atoms with E-state index in [2.05, 4.69) is 46.8 Å². The first-order valence-electron chi connectivity index (χ1n) is 4.69. The third kappa shape index (κ3) is 1.64. The first-order chi connectivity index (χ1) is 6.69. The zero-order valence-electron chi connectivity index (χ0n) is 7.89. The summed E-state index contributed by atoms with van der Waals surface area (Å²) in [4.78, 5) is 0. The van der Waals surface area contributed by atoms with Gasteiger partial charge >= 0.3 is 0 Å². The fourth-order valence-corrected chi connectivity index (χ4v) is 2.39. The highest BCUT2D eigenvalue weighted by atomic mass is 79.9. The van der Waals surface area contributed by atoms with Crippen LogP contribution in [0, 0.1) is 0 Å². The van der Waals surface area contributed by atoms with Gasteiger partial charge in [0, 0.05) is 15.8 Å². The molecule has 1 saturated carbocycles. The van der Waals surface area contributed by atoms with Gasteiger partial charge in [-0.2, -0.15) is 0 Å². The molecule has 0 bridgehead atoms. The minimum absolute atomic E-state index is 0.197. The molecule has 14 heavy (non-hydrogen) atoms. The van der Waals surface area contributed by atoms with Crippen LogP contribution in [-0.4, -0.2) is 5.88 Å². The van der Waals surface area contributed by atoms with Crippen molar-refractivity contribution in [3.8, 4) is 0 Å². The standard InChI is InChI=1S/C12H12BrCl/c1-9(8-14)12(6-7-12)10-2-4-11(13)5-3-10/h2-5H,1,6-8H2. The van der Waals surface area contributed by atoms with Crippen molar-refractivity contribution in [1.29, 1.82) is 0 Å². The largest absolute Gasteiger partial charge is 0.122 e. The summed E-state index contributed by atoms with van der Waals surface area (Å²) in [5, 5.41) is 0. The summed E-state index contributed by atoms with van der Waals surface area (Å²) in [6.07, 6.45) is 2.39. The normalized spacial score (nSPS) is 17.9. The van der Waals surface area contributed by atoms with E-state index in [0.29, 0.717) is 5.88 Å². The van der Waals surface area contributed by atoms with E-state index in [1.54, 1.807) is 0 Å². The molecule has 2 heteroatoms. The molecule has 0 N–H and O–H groups in total. The minimum atomic E-state index is 0.197. The second-order valence-corrected chi connectivity index (χ2v) is 5.01. The van der Waals surface area contributed by atoms with Crippen LogP contribution in [0.1, 0.15) is 18.4 Å². The first-order valence-corrected chi connectivity index (χ1v) is 6.02. The van der Waals surface area contributed by atoms with Gasteiger partial charge in [-0.3, -0.25) is 0 Å². The maximum Gasteiger partial charge on any atom is 0.0439 e. The third-order valence-electron chi connectivity index (χ3n) is 2.98. The van der Waals surface area contributed by atoms with E-state index in [1.165, 1.54) is 18.4 Å². The molecule has 1 aromatic rings. The Kier molecular flexibility index (Phi) is 2.72. The maximum absolute atomic E-state index is 5.85. The molecule has 1 fully saturated rings. The summed E-state index contributed by atoms with van der Waals surface area (Å²) in [5.74, 6) is 0.566. The molecule has 1 aromatic carbocycles. The van der Waals surface area contributed by atoms with Crippen LogP contribution in [-0.2, 0) is 5.41 Å². The Morgan fingerprint density at radius 3 is 2.36 bits per heavy atom. The van der Waals surface area contributed by atoms with Gasteiger partial charge in [0.05, 0.1) is 0 Å². The lowest BCUT2D eigenvalue weighted by Crippen LogP contribution is -2.10. The summed E-state index contributed by atoms with van der Waals surface area (Å²) in [6.45, 7) is 4.06. The second kappa shape index (κ2) is 3.71. The van der Waals surface area contributed by atoms with Crippen molar-refractivity contribution >= 4 is 27.5 Å². The molecule has 74 valence electrons. The molecule has 0 atom stereocenters. The molecular formula is C12H12BrCl. The van der Waals surface area contributed by atoms with E-state index in [9.17, 15) is 0 Å². The number of hydrogen-bond acceptors (Lipinski definition) is 0. The molecule has 1 aliphatic carbocycles. The zero-order chi connectivity index (χ0) is 10.2. The average molecular weight is 272 g/mol. The maximum atomic E-state index is 5.85. The number of benzene rings is 1. The summed E-state index contributed by atoms with van der Waals surface area (Å²) >= 11 is 9.29.